The van der Waals surface area contributed by atoms with E-state index in [-0.39, 0.29) is 24.9 Å². The molecule has 5 aliphatic rings. The fraction of sp³-hybridized carbons (Fsp3) is 0.457. The fourth-order valence-corrected chi connectivity index (χ4v) is 8.21. The van der Waals surface area contributed by atoms with Crippen molar-refractivity contribution in [3.05, 3.63) is 71.8 Å². The van der Waals surface area contributed by atoms with Gasteiger partial charge in [0, 0.05) is 24.1 Å². The van der Waals surface area contributed by atoms with Crippen LogP contribution in [0.2, 0.25) is 0 Å². The van der Waals surface area contributed by atoms with Gasteiger partial charge in [0.25, 0.3) is 5.91 Å². The predicted molar refractivity (Wildman–Crippen MR) is 163 cm³/mol. The topological polar surface area (TPSA) is 113 Å². The zero-order chi connectivity index (χ0) is 31.4. The van der Waals surface area contributed by atoms with Crippen molar-refractivity contribution in [2.75, 3.05) is 20.2 Å². The Morgan fingerprint density at radius 1 is 0.773 bits per heavy atom. The first kappa shape index (κ1) is 29.8. The molecule has 2 saturated heterocycles. The highest BCUT2D eigenvalue weighted by molar-refractivity contribution is 6.15. The van der Waals surface area contributed by atoms with Gasteiger partial charge < -0.3 is 10.1 Å². The highest BCUT2D eigenvalue weighted by Crippen LogP contribution is 2.69. The minimum atomic E-state index is -1.60. The molecule has 9 heteroatoms. The van der Waals surface area contributed by atoms with Crippen LogP contribution in [0.25, 0.3) is 5.57 Å². The van der Waals surface area contributed by atoms with Crippen LogP contribution in [-0.4, -0.2) is 65.1 Å². The molecule has 5 amide bonds. The van der Waals surface area contributed by atoms with Crippen LogP contribution in [0.3, 0.4) is 0 Å². The Morgan fingerprint density at radius 2 is 1.27 bits per heavy atom. The minimum absolute atomic E-state index is 0.248. The molecule has 1 saturated carbocycles. The molecular formula is C35H39N3O6. The third-order valence-electron chi connectivity index (χ3n) is 10.3. The van der Waals surface area contributed by atoms with E-state index in [1.165, 1.54) is 9.80 Å². The van der Waals surface area contributed by atoms with E-state index in [9.17, 15) is 24.0 Å². The second-order valence-corrected chi connectivity index (χ2v) is 12.6. The standard InChI is InChI=1S/C35H39N3O6/c1-5-7-18-37-30(40)25-27(32(37)42)35(36-29(39)22-12-10-9-11-13-22)20-24(21-14-16-23(44-4)17-15-21)34(25,3)26-28(35)33(43)38(31(26)41)19-8-6-2/h9-17,20,25-28H,5-8,18-19H2,1-4H3,(H,36,39)/t25-,26+,27+,28-,34?,35?. The normalized spacial score (nSPS) is 30.4. The number of benzene rings is 2. The number of allylic oxidation sites excluding steroid dienone is 1. The lowest BCUT2D eigenvalue weighted by Gasteiger charge is -2.60. The summed E-state index contributed by atoms with van der Waals surface area (Å²) in [6, 6.07) is 15.9. The van der Waals surface area contributed by atoms with Gasteiger partial charge in [-0.15, -0.1) is 0 Å². The smallest absolute Gasteiger partial charge is 0.252 e. The molecule has 2 aromatic rings. The third-order valence-corrected chi connectivity index (χ3v) is 10.3. The lowest BCUT2D eigenvalue weighted by atomic mass is 9.41. The summed E-state index contributed by atoms with van der Waals surface area (Å²) in [5, 5.41) is 3.13. The molecular weight excluding hydrogens is 558 g/mol. The molecule has 230 valence electrons. The number of carbonyl (C=O) groups is 5. The number of nitrogens with one attached hydrogen (secondary N) is 1. The number of ether oxygens (including phenoxy) is 1. The van der Waals surface area contributed by atoms with Gasteiger partial charge in [-0.2, -0.15) is 0 Å². The van der Waals surface area contributed by atoms with Crippen molar-refractivity contribution in [1.82, 2.24) is 15.1 Å². The van der Waals surface area contributed by atoms with Crippen molar-refractivity contribution in [2.45, 2.75) is 52.0 Å². The van der Waals surface area contributed by atoms with E-state index in [4.69, 9.17) is 4.74 Å². The number of rotatable bonds is 10. The van der Waals surface area contributed by atoms with E-state index in [1.807, 2.05) is 39.0 Å². The van der Waals surface area contributed by atoms with Gasteiger partial charge in [0.15, 0.2) is 0 Å². The number of imide groups is 2. The van der Waals surface area contributed by atoms with Gasteiger partial charge in [0.05, 0.1) is 36.3 Å². The number of carbonyl (C=O) groups excluding carboxylic acids is 5. The molecule has 2 bridgehead atoms. The van der Waals surface area contributed by atoms with Crippen molar-refractivity contribution in [2.24, 2.45) is 29.1 Å². The average Bonchev–Trinajstić information content (AvgIpc) is 3.46. The van der Waals surface area contributed by atoms with Crippen molar-refractivity contribution in [1.29, 1.82) is 0 Å². The lowest BCUT2D eigenvalue weighted by Crippen LogP contribution is -2.72. The van der Waals surface area contributed by atoms with E-state index in [0.29, 0.717) is 29.7 Å². The van der Waals surface area contributed by atoms with Crippen molar-refractivity contribution < 1.29 is 28.7 Å². The maximum absolute atomic E-state index is 14.4. The molecule has 7 rings (SSSR count). The fourth-order valence-electron chi connectivity index (χ4n) is 8.21. The summed E-state index contributed by atoms with van der Waals surface area (Å²) in [6.07, 6.45) is 4.66. The average molecular weight is 598 g/mol. The first-order chi connectivity index (χ1) is 21.1. The molecule has 0 spiro atoms. The largest absolute Gasteiger partial charge is 0.497 e. The summed E-state index contributed by atoms with van der Waals surface area (Å²) in [5.41, 5.74) is -1.01. The van der Waals surface area contributed by atoms with Crippen molar-refractivity contribution >= 4 is 35.1 Å². The summed E-state index contributed by atoms with van der Waals surface area (Å²) in [7, 11) is 1.57. The number of nitrogens with zero attached hydrogens (tertiary/aromatic N) is 2. The second kappa shape index (κ2) is 11.0. The number of amides is 5. The molecule has 3 aliphatic carbocycles. The van der Waals surface area contributed by atoms with Crippen LogP contribution < -0.4 is 10.1 Å². The summed E-state index contributed by atoms with van der Waals surface area (Å²) in [4.78, 5) is 74.1. The Labute approximate surface area is 257 Å². The molecule has 3 fully saturated rings. The quantitative estimate of drug-likeness (QED) is 0.413. The molecule has 1 N–H and O–H groups in total. The first-order valence-corrected chi connectivity index (χ1v) is 15.6. The summed E-state index contributed by atoms with van der Waals surface area (Å²) in [5.74, 6) is -5.27. The van der Waals surface area contributed by atoms with Gasteiger partial charge in [0.2, 0.25) is 23.6 Å². The zero-order valence-electron chi connectivity index (χ0n) is 25.7. The lowest BCUT2D eigenvalue weighted by molar-refractivity contribution is -0.148. The predicted octanol–water partition coefficient (Wildman–Crippen LogP) is 4.08. The number of hydrogen-bond donors (Lipinski definition) is 1. The van der Waals surface area contributed by atoms with E-state index in [2.05, 4.69) is 5.32 Å². The molecule has 2 heterocycles. The van der Waals surface area contributed by atoms with Gasteiger partial charge in [-0.05, 0) is 48.2 Å². The Hall–Kier alpha value is -4.27. The summed E-state index contributed by atoms with van der Waals surface area (Å²) >= 11 is 0. The minimum Gasteiger partial charge on any atom is -0.497 e. The zero-order valence-corrected chi connectivity index (χ0v) is 25.7. The monoisotopic (exact) mass is 597 g/mol. The van der Waals surface area contributed by atoms with Gasteiger partial charge in [-0.3, -0.25) is 33.8 Å². The molecule has 9 nitrogen and oxygen atoms in total. The van der Waals surface area contributed by atoms with Crippen LogP contribution >= 0.6 is 0 Å². The Balaban J connectivity index is 1.61. The first-order valence-electron chi connectivity index (χ1n) is 15.6. The van der Waals surface area contributed by atoms with E-state index < -0.39 is 52.3 Å². The Bertz CT molecular complexity index is 1500. The molecule has 44 heavy (non-hydrogen) atoms. The van der Waals surface area contributed by atoms with E-state index >= 15 is 0 Å². The number of hydrogen-bond acceptors (Lipinski definition) is 6. The van der Waals surface area contributed by atoms with Gasteiger partial charge >= 0.3 is 0 Å². The van der Waals surface area contributed by atoms with Crippen LogP contribution in [-0.2, 0) is 19.2 Å². The highest BCUT2D eigenvalue weighted by Gasteiger charge is 2.80. The number of unbranched alkanes of at least 4 members (excludes halogenated alkanes) is 2. The van der Waals surface area contributed by atoms with Crippen LogP contribution in [0.5, 0.6) is 5.75 Å². The third kappa shape index (κ3) is 4.08. The molecule has 2 aromatic carbocycles. The SMILES string of the molecule is CCCCN1C(=O)[C@@H]2[C@H](C1=O)C1(NC(=O)c3ccccc3)C=C(c3ccc(OC)cc3)C2(C)[C@H]2C(=O)N(CCCC)C(=O)[C@H]21. The van der Waals surface area contributed by atoms with Gasteiger partial charge in [0.1, 0.15) is 5.75 Å². The van der Waals surface area contributed by atoms with E-state index in [0.717, 1.165) is 18.4 Å². The maximum atomic E-state index is 14.4. The maximum Gasteiger partial charge on any atom is 0.252 e. The van der Waals surface area contributed by atoms with Crippen LogP contribution in [0.4, 0.5) is 0 Å². The van der Waals surface area contributed by atoms with E-state index in [1.54, 1.807) is 49.6 Å². The second-order valence-electron chi connectivity index (χ2n) is 12.6. The molecule has 6 atom stereocenters. The molecule has 0 radical (unpaired) electrons. The highest BCUT2D eigenvalue weighted by atomic mass is 16.5. The Kier molecular flexibility index (Phi) is 7.46. The number of methoxy groups -OCH3 is 1. The molecule has 2 unspecified atom stereocenters. The number of likely N-dealkylation sites (tertiary alicyclic amines) is 2. The van der Waals surface area contributed by atoms with Crippen LogP contribution in [0, 0.1) is 29.1 Å². The molecule has 0 aromatic heterocycles. The van der Waals surface area contributed by atoms with Gasteiger partial charge in [-0.25, -0.2) is 0 Å². The summed E-state index contributed by atoms with van der Waals surface area (Å²) in [6.45, 7) is 6.33. The van der Waals surface area contributed by atoms with Crippen molar-refractivity contribution in [3.8, 4) is 5.75 Å². The van der Waals surface area contributed by atoms with Crippen LogP contribution in [0.1, 0.15) is 62.4 Å². The molecule has 2 aliphatic heterocycles. The van der Waals surface area contributed by atoms with Crippen LogP contribution in [0.15, 0.2) is 60.7 Å². The van der Waals surface area contributed by atoms with Gasteiger partial charge in [-0.1, -0.05) is 70.0 Å². The van der Waals surface area contributed by atoms with Crippen molar-refractivity contribution in [3.63, 3.8) is 0 Å². The summed E-state index contributed by atoms with van der Waals surface area (Å²) < 4.78 is 5.38. The Morgan fingerprint density at radius 3 is 1.75 bits per heavy atom.